The first kappa shape index (κ1) is 21.8. The van der Waals surface area contributed by atoms with Crippen LogP contribution in [0.15, 0.2) is 59.0 Å². The summed E-state index contributed by atoms with van der Waals surface area (Å²) < 4.78 is 11.2. The van der Waals surface area contributed by atoms with Crippen molar-refractivity contribution in [3.8, 4) is 17.1 Å². The van der Waals surface area contributed by atoms with Gasteiger partial charge in [0.05, 0.1) is 24.2 Å². The van der Waals surface area contributed by atoms with Crippen LogP contribution in [-0.4, -0.2) is 24.7 Å². The minimum atomic E-state index is -1.00. The van der Waals surface area contributed by atoms with E-state index in [0.717, 1.165) is 30.0 Å². The minimum absolute atomic E-state index is 0. The molecule has 1 heterocycles. The molecule has 0 fully saturated rings. The van der Waals surface area contributed by atoms with E-state index < -0.39 is 5.97 Å². The number of methoxy groups -OCH3 is 1. The number of carboxylic acid groups (broad SMARTS) is 1. The summed E-state index contributed by atoms with van der Waals surface area (Å²) in [5.41, 5.74) is 1.88. The standard InChI is InChI=1S/C21H20ClNO4.ClH/c1-26-19-5-3-2-4-14(19)10-11-23-13-16-7-9-20(27-16)17-12-15(21(24)25)6-8-18(17)22;/h2-9,12,23H,10-11,13H2,1H3,(H,24,25);1H/p-1. The van der Waals surface area contributed by atoms with Crippen molar-refractivity contribution >= 4 is 17.6 Å². The Kier molecular flexibility index (Phi) is 7.93. The average Bonchev–Trinajstić information content (AvgIpc) is 3.14. The van der Waals surface area contributed by atoms with Crippen LogP contribution in [0.3, 0.4) is 0 Å². The van der Waals surface area contributed by atoms with Crippen molar-refractivity contribution in [2.75, 3.05) is 13.7 Å². The zero-order chi connectivity index (χ0) is 19.2. The predicted octanol–water partition coefficient (Wildman–Crippen LogP) is 1.64. The molecule has 1 aromatic heterocycles. The van der Waals surface area contributed by atoms with E-state index in [9.17, 15) is 4.79 Å². The number of hydrogen-bond donors (Lipinski definition) is 2. The number of furan rings is 1. The van der Waals surface area contributed by atoms with Gasteiger partial charge in [0.25, 0.3) is 0 Å². The molecule has 3 rings (SSSR count). The van der Waals surface area contributed by atoms with Crippen LogP contribution in [-0.2, 0) is 13.0 Å². The lowest BCUT2D eigenvalue weighted by atomic mass is 10.1. The number of nitrogens with one attached hydrogen (secondary N) is 1. The molecule has 148 valence electrons. The molecule has 0 unspecified atom stereocenters. The second-order valence-corrected chi connectivity index (χ2v) is 6.41. The second-order valence-electron chi connectivity index (χ2n) is 6.00. The van der Waals surface area contributed by atoms with Gasteiger partial charge in [-0.2, -0.15) is 0 Å². The molecule has 0 saturated carbocycles. The molecule has 0 saturated heterocycles. The van der Waals surface area contributed by atoms with Gasteiger partial charge in [-0.05, 0) is 54.9 Å². The summed E-state index contributed by atoms with van der Waals surface area (Å²) in [5, 5.41) is 12.9. The Morgan fingerprint density at radius 2 is 1.96 bits per heavy atom. The molecule has 0 atom stereocenters. The van der Waals surface area contributed by atoms with Crippen molar-refractivity contribution in [2.24, 2.45) is 0 Å². The van der Waals surface area contributed by atoms with Crippen LogP contribution in [0.4, 0.5) is 0 Å². The maximum absolute atomic E-state index is 11.1. The SMILES string of the molecule is COc1ccccc1CCNCc1ccc(-c2cc(C(=O)O)ccc2Cl)o1.[Cl-]. The van der Waals surface area contributed by atoms with E-state index in [4.69, 9.17) is 25.9 Å². The zero-order valence-corrected chi connectivity index (χ0v) is 16.8. The number of hydrogen-bond acceptors (Lipinski definition) is 4. The van der Waals surface area contributed by atoms with Crippen LogP contribution in [0.1, 0.15) is 21.7 Å². The van der Waals surface area contributed by atoms with Gasteiger partial charge in [-0.25, -0.2) is 4.79 Å². The lowest BCUT2D eigenvalue weighted by Gasteiger charge is -2.08. The molecule has 5 nitrogen and oxygen atoms in total. The number of para-hydroxylation sites is 1. The van der Waals surface area contributed by atoms with E-state index in [1.807, 2.05) is 30.3 Å². The fourth-order valence-electron chi connectivity index (χ4n) is 2.81. The highest BCUT2D eigenvalue weighted by atomic mass is 35.5. The Morgan fingerprint density at radius 3 is 2.71 bits per heavy atom. The number of benzene rings is 2. The van der Waals surface area contributed by atoms with E-state index in [1.54, 1.807) is 19.2 Å². The molecule has 7 heteroatoms. The van der Waals surface area contributed by atoms with Crippen LogP contribution < -0.4 is 22.5 Å². The van der Waals surface area contributed by atoms with E-state index in [1.165, 1.54) is 12.1 Å². The third kappa shape index (κ3) is 5.29. The van der Waals surface area contributed by atoms with Gasteiger partial charge in [-0.3, -0.25) is 0 Å². The summed E-state index contributed by atoms with van der Waals surface area (Å²) in [7, 11) is 1.67. The summed E-state index contributed by atoms with van der Waals surface area (Å²) >= 11 is 6.19. The summed E-state index contributed by atoms with van der Waals surface area (Å²) in [4.78, 5) is 11.1. The molecule has 0 radical (unpaired) electrons. The summed E-state index contributed by atoms with van der Waals surface area (Å²) in [6.07, 6.45) is 0.837. The summed E-state index contributed by atoms with van der Waals surface area (Å²) in [6, 6.07) is 16.1. The number of rotatable bonds is 8. The van der Waals surface area contributed by atoms with Gasteiger partial charge in [0, 0.05) is 5.56 Å². The van der Waals surface area contributed by atoms with Gasteiger partial charge in [-0.15, -0.1) is 0 Å². The maximum atomic E-state index is 11.1. The van der Waals surface area contributed by atoms with Crippen LogP contribution >= 0.6 is 11.6 Å². The van der Waals surface area contributed by atoms with E-state index in [0.29, 0.717) is 22.9 Å². The normalized spacial score (nSPS) is 10.4. The van der Waals surface area contributed by atoms with Gasteiger partial charge < -0.3 is 32.0 Å². The zero-order valence-electron chi connectivity index (χ0n) is 15.2. The Bertz CT molecular complexity index is 940. The van der Waals surface area contributed by atoms with E-state index in [-0.39, 0.29) is 18.0 Å². The Balaban J connectivity index is 0.00000280. The van der Waals surface area contributed by atoms with Crippen molar-refractivity contribution < 1.29 is 31.5 Å². The second kappa shape index (κ2) is 10.2. The van der Waals surface area contributed by atoms with E-state index >= 15 is 0 Å². The van der Waals surface area contributed by atoms with Gasteiger partial charge in [0.1, 0.15) is 17.3 Å². The smallest absolute Gasteiger partial charge is 0.335 e. The molecule has 0 aliphatic rings. The van der Waals surface area contributed by atoms with Gasteiger partial charge in [0.15, 0.2) is 0 Å². The number of carboxylic acids is 1. The largest absolute Gasteiger partial charge is 1.00 e. The topological polar surface area (TPSA) is 71.7 Å². The Hall–Kier alpha value is -2.47. The van der Waals surface area contributed by atoms with Crippen LogP contribution in [0.25, 0.3) is 11.3 Å². The molecule has 3 aromatic rings. The van der Waals surface area contributed by atoms with Crippen molar-refractivity contribution in [3.05, 3.63) is 76.5 Å². The van der Waals surface area contributed by atoms with Crippen molar-refractivity contribution in [3.63, 3.8) is 0 Å². The van der Waals surface area contributed by atoms with Gasteiger partial charge in [-0.1, -0.05) is 29.8 Å². The van der Waals surface area contributed by atoms with Crippen LogP contribution in [0, 0.1) is 0 Å². The van der Waals surface area contributed by atoms with Crippen molar-refractivity contribution in [1.29, 1.82) is 0 Å². The summed E-state index contributed by atoms with van der Waals surface area (Å²) in [6.45, 7) is 1.33. The molecule has 0 aliphatic carbocycles. The Morgan fingerprint density at radius 1 is 1.18 bits per heavy atom. The summed E-state index contributed by atoms with van der Waals surface area (Å²) in [5.74, 6) is 1.18. The number of carbonyl (C=O) groups is 1. The molecule has 0 spiro atoms. The van der Waals surface area contributed by atoms with Crippen molar-refractivity contribution in [1.82, 2.24) is 5.32 Å². The molecule has 2 N–H and O–H groups in total. The Labute approximate surface area is 174 Å². The predicted molar refractivity (Wildman–Crippen MR) is 105 cm³/mol. The number of aromatic carboxylic acids is 1. The molecule has 0 amide bonds. The monoisotopic (exact) mass is 420 g/mol. The quantitative estimate of drug-likeness (QED) is 0.542. The maximum Gasteiger partial charge on any atom is 0.335 e. The first-order valence-corrected chi connectivity index (χ1v) is 8.91. The molecule has 0 aliphatic heterocycles. The highest BCUT2D eigenvalue weighted by Crippen LogP contribution is 2.30. The van der Waals surface area contributed by atoms with Crippen LogP contribution in [0.5, 0.6) is 5.75 Å². The third-order valence-corrected chi connectivity index (χ3v) is 4.53. The molecule has 0 bridgehead atoms. The third-order valence-electron chi connectivity index (χ3n) is 4.20. The van der Waals surface area contributed by atoms with Crippen LogP contribution in [0.2, 0.25) is 5.02 Å². The lowest BCUT2D eigenvalue weighted by molar-refractivity contribution is -0.0000216. The fraction of sp³-hybridized carbons (Fsp3) is 0.190. The first-order valence-electron chi connectivity index (χ1n) is 8.53. The van der Waals surface area contributed by atoms with Gasteiger partial charge >= 0.3 is 5.97 Å². The number of ether oxygens (including phenoxy) is 1. The molecular formula is C21H20Cl2NO4-. The molecular weight excluding hydrogens is 401 g/mol. The lowest BCUT2D eigenvalue weighted by Crippen LogP contribution is -3.00. The highest BCUT2D eigenvalue weighted by Gasteiger charge is 2.12. The first-order chi connectivity index (χ1) is 13.1. The minimum Gasteiger partial charge on any atom is -1.00 e. The number of halogens is 2. The van der Waals surface area contributed by atoms with Gasteiger partial charge in [0.2, 0.25) is 0 Å². The highest BCUT2D eigenvalue weighted by molar-refractivity contribution is 6.33. The average molecular weight is 421 g/mol. The van der Waals surface area contributed by atoms with E-state index in [2.05, 4.69) is 5.32 Å². The van der Waals surface area contributed by atoms with Crippen molar-refractivity contribution in [2.45, 2.75) is 13.0 Å². The molecule has 28 heavy (non-hydrogen) atoms. The fourth-order valence-corrected chi connectivity index (χ4v) is 3.02. The molecule has 2 aromatic carbocycles.